The van der Waals surface area contributed by atoms with Crippen molar-refractivity contribution >= 4 is 50.7 Å². The molecule has 2 aromatic heterocycles. The van der Waals surface area contributed by atoms with E-state index in [1.165, 1.54) is 0 Å². The molecule has 1 aliphatic carbocycles. The number of benzene rings is 2. The van der Waals surface area contributed by atoms with Gasteiger partial charge in [0, 0.05) is 35.8 Å². The van der Waals surface area contributed by atoms with Gasteiger partial charge in [-0.2, -0.15) is 0 Å². The summed E-state index contributed by atoms with van der Waals surface area (Å²) in [6, 6.07) is 17.1. The van der Waals surface area contributed by atoms with Crippen molar-refractivity contribution in [1.29, 1.82) is 0 Å². The van der Waals surface area contributed by atoms with E-state index in [0.717, 1.165) is 37.1 Å². The van der Waals surface area contributed by atoms with Gasteiger partial charge in [0.25, 0.3) is 0 Å². The Morgan fingerprint density at radius 3 is 2.93 bits per heavy atom. The van der Waals surface area contributed by atoms with Crippen LogP contribution in [0.25, 0.3) is 10.2 Å². The number of carbonyl (C=O) groups is 2. The van der Waals surface area contributed by atoms with Gasteiger partial charge in [-0.3, -0.25) is 14.6 Å². The van der Waals surface area contributed by atoms with Gasteiger partial charge in [-0.1, -0.05) is 42.1 Å². The summed E-state index contributed by atoms with van der Waals surface area (Å²) in [5.74, 6) is 0.255. The highest BCUT2D eigenvalue weighted by molar-refractivity contribution is 8.00. The highest BCUT2D eigenvalue weighted by atomic mass is 32.2. The highest BCUT2D eigenvalue weighted by Crippen LogP contribution is 2.35. The normalized spacial score (nSPS) is 15.3. The van der Waals surface area contributed by atoms with E-state index in [1.54, 1.807) is 35.4 Å². The maximum absolute atomic E-state index is 12.8. The van der Waals surface area contributed by atoms with Crippen LogP contribution in [-0.2, 0) is 10.5 Å². The number of nitrogens with one attached hydrogen (secondary N) is 1. The SMILES string of the molecule is O=C1CC(C(=O)Nc2ccc3nc(SCc4cccnc4)sc3c2)c2ccccc21. The lowest BCUT2D eigenvalue weighted by molar-refractivity contribution is -0.117. The Morgan fingerprint density at radius 2 is 2.07 bits per heavy atom. The average Bonchev–Trinajstić information content (AvgIpc) is 3.34. The van der Waals surface area contributed by atoms with E-state index >= 15 is 0 Å². The molecule has 1 atom stereocenters. The molecule has 2 aromatic carbocycles. The number of hydrogen-bond acceptors (Lipinski definition) is 6. The van der Waals surface area contributed by atoms with E-state index in [-0.39, 0.29) is 18.1 Å². The largest absolute Gasteiger partial charge is 0.325 e. The number of hydrogen-bond donors (Lipinski definition) is 1. The van der Waals surface area contributed by atoms with Crippen LogP contribution in [0.4, 0.5) is 5.69 Å². The summed E-state index contributed by atoms with van der Waals surface area (Å²) >= 11 is 3.28. The molecule has 5 nitrogen and oxygen atoms in total. The summed E-state index contributed by atoms with van der Waals surface area (Å²) in [4.78, 5) is 33.8. The van der Waals surface area contributed by atoms with Gasteiger partial charge in [0.1, 0.15) is 0 Å². The van der Waals surface area contributed by atoms with Crippen LogP contribution in [-0.4, -0.2) is 21.7 Å². The standard InChI is InChI=1S/C23H17N3O2S2/c27-20-11-18(16-5-1-2-6-17(16)20)22(28)25-15-7-8-19-21(10-15)30-23(26-19)29-13-14-4-3-9-24-12-14/h1-10,12,18H,11,13H2,(H,25,28). The molecular formula is C23H17N3O2S2. The van der Waals surface area contributed by atoms with E-state index in [0.29, 0.717) is 5.56 Å². The van der Waals surface area contributed by atoms with Crippen LogP contribution in [0.15, 0.2) is 71.3 Å². The zero-order valence-electron chi connectivity index (χ0n) is 15.9. The highest BCUT2D eigenvalue weighted by Gasteiger charge is 2.33. The van der Waals surface area contributed by atoms with Crippen molar-refractivity contribution in [3.05, 3.63) is 83.7 Å². The van der Waals surface area contributed by atoms with E-state index in [2.05, 4.69) is 15.3 Å². The van der Waals surface area contributed by atoms with E-state index < -0.39 is 5.92 Å². The predicted molar refractivity (Wildman–Crippen MR) is 120 cm³/mol. The number of aromatic nitrogens is 2. The van der Waals surface area contributed by atoms with Gasteiger partial charge in [0.2, 0.25) is 5.91 Å². The van der Waals surface area contributed by atoms with Crippen molar-refractivity contribution in [2.45, 2.75) is 22.4 Å². The maximum Gasteiger partial charge on any atom is 0.232 e. The lowest BCUT2D eigenvalue weighted by Gasteiger charge is -2.11. The number of nitrogens with zero attached hydrogens (tertiary/aromatic N) is 2. The minimum absolute atomic E-state index is 0.0268. The quantitative estimate of drug-likeness (QED) is 0.435. The van der Waals surface area contributed by atoms with Crippen molar-refractivity contribution in [2.24, 2.45) is 0 Å². The summed E-state index contributed by atoms with van der Waals surface area (Å²) in [5.41, 5.74) is 4.25. The second-order valence-electron chi connectivity index (χ2n) is 7.07. The monoisotopic (exact) mass is 431 g/mol. The van der Waals surface area contributed by atoms with E-state index in [1.807, 2.05) is 54.7 Å². The van der Waals surface area contributed by atoms with Gasteiger partial charge in [-0.05, 0) is 35.4 Å². The Balaban J connectivity index is 1.31. The molecule has 30 heavy (non-hydrogen) atoms. The first kappa shape index (κ1) is 19.0. The lowest BCUT2D eigenvalue weighted by Crippen LogP contribution is -2.19. The molecule has 1 unspecified atom stereocenters. The van der Waals surface area contributed by atoms with Gasteiger partial charge in [-0.25, -0.2) is 4.98 Å². The first-order valence-corrected chi connectivity index (χ1v) is 11.3. The zero-order chi connectivity index (χ0) is 20.5. The van der Waals surface area contributed by atoms with Gasteiger partial charge < -0.3 is 5.32 Å². The third kappa shape index (κ3) is 3.74. The molecular weight excluding hydrogens is 414 g/mol. The van der Waals surface area contributed by atoms with Gasteiger partial charge in [-0.15, -0.1) is 11.3 Å². The summed E-state index contributed by atoms with van der Waals surface area (Å²) in [6.07, 6.45) is 3.85. The van der Waals surface area contributed by atoms with Crippen LogP contribution in [0.2, 0.25) is 0 Å². The summed E-state index contributed by atoms with van der Waals surface area (Å²) in [7, 11) is 0. The average molecular weight is 432 g/mol. The number of rotatable bonds is 5. The molecule has 1 aliphatic rings. The molecule has 0 aliphatic heterocycles. The zero-order valence-corrected chi connectivity index (χ0v) is 17.5. The number of ketones is 1. The molecule has 1 N–H and O–H groups in total. The van der Waals surface area contributed by atoms with Crippen LogP contribution in [0.5, 0.6) is 0 Å². The fourth-order valence-electron chi connectivity index (χ4n) is 3.59. The number of amides is 1. The van der Waals surface area contributed by atoms with Crippen molar-refractivity contribution in [3.8, 4) is 0 Å². The summed E-state index contributed by atoms with van der Waals surface area (Å²) in [6.45, 7) is 0. The fourth-order valence-corrected chi connectivity index (χ4v) is 5.64. The van der Waals surface area contributed by atoms with Gasteiger partial charge in [0.05, 0.1) is 16.1 Å². The van der Waals surface area contributed by atoms with Crippen molar-refractivity contribution < 1.29 is 9.59 Å². The van der Waals surface area contributed by atoms with Crippen molar-refractivity contribution in [3.63, 3.8) is 0 Å². The third-order valence-electron chi connectivity index (χ3n) is 5.06. The Bertz CT molecular complexity index is 1250. The number of thioether (sulfide) groups is 1. The van der Waals surface area contributed by atoms with Crippen LogP contribution < -0.4 is 5.32 Å². The molecule has 0 spiro atoms. The minimum atomic E-state index is -0.434. The number of pyridine rings is 1. The van der Waals surface area contributed by atoms with Crippen LogP contribution in [0, 0.1) is 0 Å². The molecule has 148 valence electrons. The third-order valence-corrected chi connectivity index (χ3v) is 7.30. The van der Waals surface area contributed by atoms with E-state index in [9.17, 15) is 9.59 Å². The van der Waals surface area contributed by atoms with E-state index in [4.69, 9.17) is 0 Å². The molecule has 0 radical (unpaired) electrons. The number of fused-ring (bicyclic) bond motifs is 2. The molecule has 0 saturated heterocycles. The Kier molecular flexibility index (Phi) is 5.06. The van der Waals surface area contributed by atoms with Gasteiger partial charge in [0.15, 0.2) is 10.1 Å². The first-order valence-electron chi connectivity index (χ1n) is 9.53. The lowest BCUT2D eigenvalue weighted by atomic mass is 10.0. The fraction of sp³-hybridized carbons (Fsp3) is 0.130. The number of carbonyl (C=O) groups excluding carboxylic acids is 2. The molecule has 0 fully saturated rings. The number of anilines is 1. The number of thiazole rings is 1. The topological polar surface area (TPSA) is 72.0 Å². The molecule has 2 heterocycles. The van der Waals surface area contributed by atoms with Crippen LogP contribution in [0.3, 0.4) is 0 Å². The Hall–Kier alpha value is -3.03. The summed E-state index contributed by atoms with van der Waals surface area (Å²) in [5, 5.41) is 2.98. The predicted octanol–water partition coefficient (Wildman–Crippen LogP) is 5.29. The maximum atomic E-state index is 12.8. The molecule has 5 rings (SSSR count). The molecule has 4 aromatic rings. The van der Waals surface area contributed by atoms with Crippen LogP contribution in [0.1, 0.15) is 33.8 Å². The second-order valence-corrected chi connectivity index (χ2v) is 9.32. The Morgan fingerprint density at radius 1 is 1.17 bits per heavy atom. The molecule has 0 saturated carbocycles. The van der Waals surface area contributed by atoms with Gasteiger partial charge >= 0.3 is 0 Å². The molecule has 1 amide bonds. The molecule has 7 heteroatoms. The number of Topliss-reactive ketones (excluding diaryl/α,β-unsaturated/α-hetero) is 1. The minimum Gasteiger partial charge on any atom is -0.325 e. The van der Waals surface area contributed by atoms with Crippen LogP contribution >= 0.6 is 23.1 Å². The molecule has 0 bridgehead atoms. The smallest absolute Gasteiger partial charge is 0.232 e. The Labute approximate surface area is 181 Å². The summed E-state index contributed by atoms with van der Waals surface area (Å²) < 4.78 is 2.00. The first-order chi connectivity index (χ1) is 14.7. The van der Waals surface area contributed by atoms with Crippen molar-refractivity contribution in [1.82, 2.24) is 9.97 Å². The van der Waals surface area contributed by atoms with Crippen molar-refractivity contribution in [2.75, 3.05) is 5.32 Å². The second kappa shape index (κ2) is 8.01.